The number of hydrogen-bond acceptors (Lipinski definition) is 5. The van der Waals surface area contributed by atoms with Gasteiger partial charge < -0.3 is 21.4 Å². The molecule has 0 atom stereocenters. The van der Waals surface area contributed by atoms with Gasteiger partial charge in [0.05, 0.1) is 11.3 Å². The average Bonchev–Trinajstić information content (AvgIpc) is 2.44. The zero-order valence-electron chi connectivity index (χ0n) is 10.7. The summed E-state index contributed by atoms with van der Waals surface area (Å²) in [6, 6.07) is 9.51. The van der Waals surface area contributed by atoms with E-state index in [1.807, 2.05) is 35.2 Å². The Bertz CT molecular complexity index is 655. The van der Waals surface area contributed by atoms with Gasteiger partial charge in [0, 0.05) is 18.7 Å². The first kappa shape index (κ1) is 14.0. The minimum Gasteiger partial charge on any atom is -0.393 e. The Hall–Kier alpha value is -2.41. The number of hydrogen-bond donors (Lipinski definition) is 3. The van der Waals surface area contributed by atoms with Gasteiger partial charge in [-0.3, -0.25) is 4.79 Å². The van der Waals surface area contributed by atoms with Gasteiger partial charge in [0.15, 0.2) is 5.82 Å². The molecule has 2 rings (SSSR count). The quantitative estimate of drug-likeness (QED) is 0.714. The molecule has 2 aromatic rings. The largest absolute Gasteiger partial charge is 0.393 e. The third-order valence-electron chi connectivity index (χ3n) is 2.77. The van der Waals surface area contributed by atoms with Crippen molar-refractivity contribution in [2.75, 3.05) is 17.2 Å². The molecule has 0 aliphatic rings. The van der Waals surface area contributed by atoms with Crippen LogP contribution in [-0.2, 0) is 0 Å². The van der Waals surface area contributed by atoms with Crippen molar-refractivity contribution in [2.24, 2.45) is 5.73 Å². The van der Waals surface area contributed by atoms with E-state index in [-0.39, 0.29) is 11.2 Å². The highest BCUT2D eigenvalue weighted by molar-refractivity contribution is 7.80. The summed E-state index contributed by atoms with van der Waals surface area (Å²) < 4.78 is 0. The summed E-state index contributed by atoms with van der Waals surface area (Å²) >= 11 is 4.90. The molecule has 7 heteroatoms. The second kappa shape index (κ2) is 6.16. The highest BCUT2D eigenvalue weighted by Gasteiger charge is 2.15. The molecule has 20 heavy (non-hydrogen) atoms. The number of nitrogens with two attached hydrogens (primary N) is 2. The molecule has 0 fully saturated rings. The van der Waals surface area contributed by atoms with Gasteiger partial charge >= 0.3 is 0 Å². The van der Waals surface area contributed by atoms with Crippen LogP contribution in [0.1, 0.15) is 6.42 Å². The number of nitrogens with zero attached hydrogens (tertiary/aromatic N) is 2. The molecule has 0 aliphatic carbocycles. The van der Waals surface area contributed by atoms with E-state index >= 15 is 0 Å². The number of nitrogens with one attached hydrogen (secondary N) is 1. The van der Waals surface area contributed by atoms with Crippen LogP contribution in [0.5, 0.6) is 0 Å². The van der Waals surface area contributed by atoms with Crippen LogP contribution in [0.25, 0.3) is 0 Å². The fourth-order valence-corrected chi connectivity index (χ4v) is 1.89. The predicted octanol–water partition coefficient (Wildman–Crippen LogP) is 1.17. The van der Waals surface area contributed by atoms with Crippen molar-refractivity contribution < 1.29 is 0 Å². The number of benzene rings is 1. The Morgan fingerprint density at radius 2 is 2.05 bits per heavy atom. The predicted molar refractivity (Wildman–Crippen MR) is 84.1 cm³/mol. The monoisotopic (exact) mass is 289 g/mol. The summed E-state index contributed by atoms with van der Waals surface area (Å²) in [6.07, 6.45) is 1.82. The number of aromatic nitrogens is 2. The van der Waals surface area contributed by atoms with Crippen LogP contribution in [0.15, 0.2) is 41.5 Å². The highest BCUT2D eigenvalue weighted by Crippen LogP contribution is 2.25. The summed E-state index contributed by atoms with van der Waals surface area (Å²) in [5.74, 6) is 0.399. The lowest BCUT2D eigenvalue weighted by Gasteiger charge is -2.24. The maximum absolute atomic E-state index is 11.6. The van der Waals surface area contributed by atoms with Crippen molar-refractivity contribution in [1.82, 2.24) is 9.97 Å². The van der Waals surface area contributed by atoms with Gasteiger partial charge in [-0.2, -0.15) is 0 Å². The molecule has 0 saturated heterocycles. The number of anilines is 3. The van der Waals surface area contributed by atoms with Gasteiger partial charge in [-0.15, -0.1) is 0 Å². The molecule has 104 valence electrons. The van der Waals surface area contributed by atoms with Crippen LogP contribution in [0.2, 0.25) is 0 Å². The summed E-state index contributed by atoms with van der Waals surface area (Å²) in [4.78, 5) is 20.4. The maximum Gasteiger partial charge on any atom is 0.276 e. The molecule has 0 amide bonds. The molecular weight excluding hydrogens is 274 g/mol. The first-order chi connectivity index (χ1) is 9.59. The van der Waals surface area contributed by atoms with Gasteiger partial charge in [0.2, 0.25) is 0 Å². The molecule has 0 bridgehead atoms. The first-order valence-electron chi connectivity index (χ1n) is 6.03. The minimum absolute atomic E-state index is 0.0688. The number of thiocarbonyl (C=S) groups is 1. The van der Waals surface area contributed by atoms with E-state index in [4.69, 9.17) is 23.7 Å². The molecular formula is C13H15N5OS. The third kappa shape index (κ3) is 3.12. The molecule has 0 radical (unpaired) electrons. The molecule has 1 aromatic heterocycles. The van der Waals surface area contributed by atoms with Gasteiger partial charge in [-0.1, -0.05) is 30.4 Å². The summed E-state index contributed by atoms with van der Waals surface area (Å²) in [5, 5.41) is 0. The van der Waals surface area contributed by atoms with Crippen molar-refractivity contribution in [2.45, 2.75) is 6.42 Å². The van der Waals surface area contributed by atoms with E-state index in [1.165, 1.54) is 6.33 Å². The Labute approximate surface area is 121 Å². The lowest BCUT2D eigenvalue weighted by molar-refractivity contribution is 0.933. The van der Waals surface area contributed by atoms with Crippen molar-refractivity contribution in [3.63, 3.8) is 0 Å². The smallest absolute Gasteiger partial charge is 0.276 e. The SMILES string of the molecule is NC(=S)CCN(c1ccccc1)c1nc[nH]c(=O)c1N. The molecule has 0 aliphatic heterocycles. The molecule has 1 aromatic carbocycles. The second-order valence-electron chi connectivity index (χ2n) is 4.17. The number of H-pyrrole nitrogens is 1. The molecule has 6 nitrogen and oxygen atoms in total. The van der Waals surface area contributed by atoms with E-state index in [0.29, 0.717) is 23.8 Å². The summed E-state index contributed by atoms with van der Waals surface area (Å²) in [7, 11) is 0. The molecule has 5 N–H and O–H groups in total. The zero-order chi connectivity index (χ0) is 14.5. The molecule has 0 spiro atoms. The van der Waals surface area contributed by atoms with Gasteiger partial charge in [-0.25, -0.2) is 4.98 Å². The number of rotatable bonds is 5. The van der Waals surface area contributed by atoms with Crippen LogP contribution in [0, 0.1) is 0 Å². The van der Waals surface area contributed by atoms with Crippen molar-refractivity contribution >= 4 is 34.4 Å². The topological polar surface area (TPSA) is 101 Å². The van der Waals surface area contributed by atoms with E-state index in [0.717, 1.165) is 5.69 Å². The van der Waals surface area contributed by atoms with Gasteiger partial charge in [0.25, 0.3) is 5.56 Å². The summed E-state index contributed by atoms with van der Waals surface area (Å²) in [5.41, 5.74) is 11.9. The Balaban J connectivity index is 2.43. The van der Waals surface area contributed by atoms with E-state index in [9.17, 15) is 4.79 Å². The number of para-hydroxylation sites is 1. The van der Waals surface area contributed by atoms with Crippen molar-refractivity contribution in [3.05, 3.63) is 47.0 Å². The van der Waals surface area contributed by atoms with E-state index in [2.05, 4.69) is 9.97 Å². The molecule has 1 heterocycles. The van der Waals surface area contributed by atoms with Gasteiger partial charge in [0.1, 0.15) is 5.69 Å². The molecule has 0 unspecified atom stereocenters. The second-order valence-corrected chi connectivity index (χ2v) is 4.70. The van der Waals surface area contributed by atoms with E-state index in [1.54, 1.807) is 0 Å². The lowest BCUT2D eigenvalue weighted by Crippen LogP contribution is -2.27. The van der Waals surface area contributed by atoms with Crippen LogP contribution in [0.4, 0.5) is 17.2 Å². The van der Waals surface area contributed by atoms with Crippen LogP contribution < -0.4 is 21.9 Å². The summed E-state index contributed by atoms with van der Waals surface area (Å²) in [6.45, 7) is 0.500. The maximum atomic E-state index is 11.6. The van der Waals surface area contributed by atoms with E-state index < -0.39 is 0 Å². The number of aromatic amines is 1. The van der Waals surface area contributed by atoms with Crippen LogP contribution >= 0.6 is 12.2 Å². The minimum atomic E-state index is -0.369. The Kier molecular flexibility index (Phi) is 4.31. The number of nitrogen functional groups attached to an aromatic ring is 1. The lowest BCUT2D eigenvalue weighted by atomic mass is 10.2. The van der Waals surface area contributed by atoms with Gasteiger partial charge in [-0.05, 0) is 12.1 Å². The van der Waals surface area contributed by atoms with Crippen molar-refractivity contribution in [3.8, 4) is 0 Å². The first-order valence-corrected chi connectivity index (χ1v) is 6.44. The Morgan fingerprint density at radius 1 is 1.35 bits per heavy atom. The molecule has 0 saturated carbocycles. The van der Waals surface area contributed by atoms with Crippen LogP contribution in [0.3, 0.4) is 0 Å². The zero-order valence-corrected chi connectivity index (χ0v) is 11.6. The normalized spacial score (nSPS) is 10.2. The van der Waals surface area contributed by atoms with Crippen molar-refractivity contribution in [1.29, 1.82) is 0 Å². The fourth-order valence-electron chi connectivity index (χ4n) is 1.80. The Morgan fingerprint density at radius 3 is 2.70 bits per heavy atom. The fraction of sp³-hybridized carbons (Fsp3) is 0.154. The third-order valence-corrected chi connectivity index (χ3v) is 2.98. The standard InChI is InChI=1S/C13H15N5OS/c14-10(20)6-7-18(9-4-2-1-3-5-9)12-11(15)13(19)17-8-16-12/h1-5,8H,6-7,15H2,(H2,14,20)(H,16,17,19). The average molecular weight is 289 g/mol. The van der Waals surface area contributed by atoms with Crippen LogP contribution in [-0.4, -0.2) is 21.5 Å². The highest BCUT2D eigenvalue weighted by atomic mass is 32.1.